The van der Waals surface area contributed by atoms with Crippen LogP contribution in [0.4, 0.5) is 0 Å². The molecular formula is C16H17N3O2. The Morgan fingerprint density at radius 2 is 2.10 bits per heavy atom. The minimum absolute atomic E-state index is 0.189. The molecule has 1 fully saturated rings. The van der Waals surface area contributed by atoms with Crippen LogP contribution in [-0.4, -0.2) is 16.7 Å². The van der Waals surface area contributed by atoms with Gasteiger partial charge in [0.25, 0.3) is 5.89 Å². The molecule has 1 atom stereocenters. The van der Waals surface area contributed by atoms with Gasteiger partial charge in [-0.25, -0.2) is 0 Å². The highest BCUT2D eigenvalue weighted by molar-refractivity contribution is 5.81. The summed E-state index contributed by atoms with van der Waals surface area (Å²) in [7, 11) is 0. The number of hydrogen-bond donors (Lipinski definition) is 1. The Balaban J connectivity index is 1.63. The Morgan fingerprint density at radius 3 is 3.05 bits per heavy atom. The molecule has 0 amide bonds. The molecule has 1 aromatic carbocycles. The van der Waals surface area contributed by atoms with Crippen molar-refractivity contribution in [3.8, 4) is 11.7 Å². The standard InChI is InChI=1S/C16H17N3O2/c1-2-7-12(17-9-5-1)15-18-16(21-19-15)14-10-11-6-3-4-8-13(11)20-14/h3-4,6,8,10,12,17H,1-2,5,7,9H2. The third-order valence-corrected chi connectivity index (χ3v) is 3.95. The molecule has 0 radical (unpaired) electrons. The summed E-state index contributed by atoms with van der Waals surface area (Å²) in [6.45, 7) is 1.01. The number of fused-ring (bicyclic) bond motifs is 1. The normalized spacial score (nSPS) is 19.7. The van der Waals surface area contributed by atoms with Gasteiger partial charge in [0.15, 0.2) is 11.6 Å². The highest BCUT2D eigenvalue weighted by atomic mass is 16.5. The average Bonchev–Trinajstić information content (AvgIpc) is 3.07. The fourth-order valence-corrected chi connectivity index (χ4v) is 2.81. The van der Waals surface area contributed by atoms with Crippen LogP contribution in [0.25, 0.3) is 22.6 Å². The van der Waals surface area contributed by atoms with Crippen molar-refractivity contribution in [2.24, 2.45) is 0 Å². The van der Waals surface area contributed by atoms with Gasteiger partial charge in [0, 0.05) is 5.39 Å². The second-order valence-electron chi connectivity index (χ2n) is 5.46. The van der Waals surface area contributed by atoms with Crippen molar-refractivity contribution in [2.45, 2.75) is 31.7 Å². The van der Waals surface area contributed by atoms with Crippen LogP contribution in [0.5, 0.6) is 0 Å². The SMILES string of the molecule is c1ccc2oc(-c3nc(C4CCCCCN4)no3)cc2c1. The van der Waals surface area contributed by atoms with E-state index in [9.17, 15) is 0 Å². The maximum absolute atomic E-state index is 5.76. The Hall–Kier alpha value is -2.14. The van der Waals surface area contributed by atoms with Crippen LogP contribution in [0.15, 0.2) is 39.3 Å². The van der Waals surface area contributed by atoms with Gasteiger partial charge >= 0.3 is 0 Å². The summed E-state index contributed by atoms with van der Waals surface area (Å²) in [6.07, 6.45) is 4.73. The summed E-state index contributed by atoms with van der Waals surface area (Å²) < 4.78 is 11.1. The zero-order valence-electron chi connectivity index (χ0n) is 11.7. The summed E-state index contributed by atoms with van der Waals surface area (Å²) in [6, 6.07) is 10.00. The lowest BCUT2D eigenvalue weighted by Crippen LogP contribution is -2.21. The maximum Gasteiger partial charge on any atom is 0.293 e. The molecule has 4 rings (SSSR count). The van der Waals surface area contributed by atoms with Crippen LogP contribution >= 0.6 is 0 Å². The molecule has 108 valence electrons. The second kappa shape index (κ2) is 5.33. The molecule has 3 aromatic rings. The van der Waals surface area contributed by atoms with Crippen molar-refractivity contribution in [1.29, 1.82) is 0 Å². The van der Waals surface area contributed by atoms with Gasteiger partial charge in [-0.1, -0.05) is 36.2 Å². The van der Waals surface area contributed by atoms with Crippen LogP contribution in [-0.2, 0) is 0 Å². The lowest BCUT2D eigenvalue weighted by molar-refractivity contribution is 0.395. The molecule has 0 saturated carbocycles. The van der Waals surface area contributed by atoms with Crippen LogP contribution in [0.1, 0.15) is 37.5 Å². The highest BCUT2D eigenvalue weighted by Gasteiger charge is 2.21. The van der Waals surface area contributed by atoms with Crippen molar-refractivity contribution in [2.75, 3.05) is 6.54 Å². The first-order chi connectivity index (χ1) is 10.4. The lowest BCUT2D eigenvalue weighted by atomic mass is 10.1. The summed E-state index contributed by atoms with van der Waals surface area (Å²) in [5.74, 6) is 1.81. The van der Waals surface area contributed by atoms with Gasteiger partial charge in [0.05, 0.1) is 6.04 Å². The number of aromatic nitrogens is 2. The van der Waals surface area contributed by atoms with Crippen LogP contribution in [0.2, 0.25) is 0 Å². The smallest absolute Gasteiger partial charge is 0.293 e. The number of benzene rings is 1. The molecule has 1 saturated heterocycles. The molecule has 1 aliphatic heterocycles. The van der Waals surface area contributed by atoms with E-state index in [1.807, 2.05) is 30.3 Å². The maximum atomic E-state index is 5.76. The molecule has 0 aliphatic carbocycles. The Bertz CT molecular complexity index is 706. The highest BCUT2D eigenvalue weighted by Crippen LogP contribution is 2.28. The second-order valence-corrected chi connectivity index (χ2v) is 5.46. The fourth-order valence-electron chi connectivity index (χ4n) is 2.81. The van der Waals surface area contributed by atoms with Gasteiger partial charge < -0.3 is 14.3 Å². The van der Waals surface area contributed by atoms with Crippen molar-refractivity contribution >= 4 is 11.0 Å². The van der Waals surface area contributed by atoms with Crippen molar-refractivity contribution in [1.82, 2.24) is 15.5 Å². The van der Waals surface area contributed by atoms with Gasteiger partial charge in [-0.3, -0.25) is 0 Å². The molecule has 0 spiro atoms. The minimum atomic E-state index is 0.189. The summed E-state index contributed by atoms with van der Waals surface area (Å²) >= 11 is 0. The zero-order chi connectivity index (χ0) is 14.1. The van der Waals surface area contributed by atoms with Crippen molar-refractivity contribution in [3.05, 3.63) is 36.2 Å². The molecule has 1 aliphatic rings. The topological polar surface area (TPSA) is 64.1 Å². The largest absolute Gasteiger partial charge is 0.451 e. The molecule has 1 N–H and O–H groups in total. The average molecular weight is 283 g/mol. The summed E-state index contributed by atoms with van der Waals surface area (Å²) in [4.78, 5) is 4.51. The van der Waals surface area contributed by atoms with E-state index in [-0.39, 0.29) is 6.04 Å². The van der Waals surface area contributed by atoms with Crippen molar-refractivity contribution in [3.63, 3.8) is 0 Å². The van der Waals surface area contributed by atoms with Crippen LogP contribution in [0.3, 0.4) is 0 Å². The first kappa shape index (κ1) is 12.6. The number of furan rings is 1. The molecule has 0 bridgehead atoms. The van der Waals surface area contributed by atoms with Gasteiger partial charge in [0.1, 0.15) is 5.58 Å². The number of nitrogens with zero attached hydrogens (tertiary/aromatic N) is 2. The van der Waals surface area contributed by atoms with E-state index in [0.29, 0.717) is 11.7 Å². The predicted molar refractivity (Wildman–Crippen MR) is 78.7 cm³/mol. The summed E-state index contributed by atoms with van der Waals surface area (Å²) in [5, 5.41) is 8.63. The van der Waals surface area contributed by atoms with E-state index in [4.69, 9.17) is 8.94 Å². The lowest BCUT2D eigenvalue weighted by Gasteiger charge is -2.09. The summed E-state index contributed by atoms with van der Waals surface area (Å²) in [5.41, 5.74) is 0.833. The minimum Gasteiger partial charge on any atom is -0.451 e. The first-order valence-corrected chi connectivity index (χ1v) is 7.46. The zero-order valence-corrected chi connectivity index (χ0v) is 11.7. The molecule has 5 heteroatoms. The molecule has 1 unspecified atom stereocenters. The monoisotopic (exact) mass is 283 g/mol. The number of para-hydroxylation sites is 1. The Kier molecular flexibility index (Phi) is 3.20. The van der Waals surface area contributed by atoms with E-state index < -0.39 is 0 Å². The number of hydrogen-bond acceptors (Lipinski definition) is 5. The molecule has 5 nitrogen and oxygen atoms in total. The van der Waals surface area contributed by atoms with Gasteiger partial charge in [-0.15, -0.1) is 0 Å². The van der Waals surface area contributed by atoms with E-state index >= 15 is 0 Å². The molecule has 2 aromatic heterocycles. The quantitative estimate of drug-likeness (QED) is 0.777. The Labute approximate surface area is 122 Å². The van der Waals surface area contributed by atoms with E-state index in [0.717, 1.165) is 29.8 Å². The number of rotatable bonds is 2. The number of nitrogens with one attached hydrogen (secondary N) is 1. The molecule has 21 heavy (non-hydrogen) atoms. The fraction of sp³-hybridized carbons (Fsp3) is 0.375. The third kappa shape index (κ3) is 2.45. The van der Waals surface area contributed by atoms with E-state index in [2.05, 4.69) is 15.5 Å². The third-order valence-electron chi connectivity index (χ3n) is 3.95. The van der Waals surface area contributed by atoms with Crippen LogP contribution in [0, 0.1) is 0 Å². The van der Waals surface area contributed by atoms with Crippen molar-refractivity contribution < 1.29 is 8.94 Å². The molecular weight excluding hydrogens is 266 g/mol. The van der Waals surface area contributed by atoms with Gasteiger partial charge in [0.2, 0.25) is 0 Å². The van der Waals surface area contributed by atoms with Gasteiger partial charge in [-0.05, 0) is 31.5 Å². The van der Waals surface area contributed by atoms with E-state index in [1.165, 1.54) is 19.3 Å². The molecule has 3 heterocycles. The van der Waals surface area contributed by atoms with Crippen LogP contribution < -0.4 is 5.32 Å². The Morgan fingerprint density at radius 1 is 1.14 bits per heavy atom. The van der Waals surface area contributed by atoms with Gasteiger partial charge in [-0.2, -0.15) is 4.98 Å². The predicted octanol–water partition coefficient (Wildman–Crippen LogP) is 3.69. The first-order valence-electron chi connectivity index (χ1n) is 7.46. The van der Waals surface area contributed by atoms with E-state index in [1.54, 1.807) is 0 Å².